The van der Waals surface area contributed by atoms with Crippen LogP contribution < -0.4 is 15.3 Å². The van der Waals surface area contributed by atoms with Crippen LogP contribution in [0, 0.1) is 11.8 Å². The van der Waals surface area contributed by atoms with Crippen LogP contribution in [0.5, 0.6) is 5.75 Å². The minimum atomic E-state index is -4.17. The molecule has 4 rings (SSSR count). The highest BCUT2D eigenvalue weighted by atomic mass is 31.2. The van der Waals surface area contributed by atoms with Crippen LogP contribution in [0.2, 0.25) is 0 Å². The first-order chi connectivity index (χ1) is 18.3. The number of carbonyl (C=O) groups is 1. The molecule has 13 nitrogen and oxygen atoms in total. The Balaban J connectivity index is 1.58. The van der Waals surface area contributed by atoms with Crippen molar-refractivity contribution in [3.05, 3.63) is 43.0 Å². The van der Waals surface area contributed by atoms with E-state index in [0.717, 1.165) is 0 Å². The molecule has 1 aromatic carbocycles. The second kappa shape index (κ2) is 11.2. The number of esters is 1. The van der Waals surface area contributed by atoms with Gasteiger partial charge < -0.3 is 29.8 Å². The maximum Gasteiger partial charge on any atom is 0.459 e. The maximum absolute atomic E-state index is 13.9. The van der Waals surface area contributed by atoms with Crippen LogP contribution in [0.1, 0.15) is 40.7 Å². The Morgan fingerprint density at radius 1 is 1.23 bits per heavy atom. The van der Waals surface area contributed by atoms with Gasteiger partial charge in [0.05, 0.1) is 31.2 Å². The number of aromatic nitrogens is 4. The fourth-order valence-electron chi connectivity index (χ4n) is 5.03. The lowest BCUT2D eigenvalue weighted by Gasteiger charge is -2.31. The third-order valence-corrected chi connectivity index (χ3v) is 8.57. The Kier molecular flexibility index (Phi) is 8.29. The molecule has 0 unspecified atom stereocenters. The molecular weight excluding hydrogens is 527 g/mol. The van der Waals surface area contributed by atoms with Crippen molar-refractivity contribution in [3.8, 4) is 5.75 Å². The van der Waals surface area contributed by atoms with E-state index < -0.39 is 49.3 Å². The first-order valence-electron chi connectivity index (χ1n) is 12.6. The zero-order chi connectivity index (χ0) is 28.5. The minimum absolute atomic E-state index is 0.194. The fourth-order valence-corrected chi connectivity index (χ4v) is 6.56. The number of imidazole rings is 1. The van der Waals surface area contributed by atoms with Gasteiger partial charge in [-0.25, -0.2) is 19.5 Å². The average Bonchev–Trinajstić information content (AvgIpc) is 3.35. The summed E-state index contributed by atoms with van der Waals surface area (Å²) >= 11 is 0. The number of hydrogen-bond donors (Lipinski definition) is 4. The summed E-state index contributed by atoms with van der Waals surface area (Å²) in [7, 11) is -4.17. The minimum Gasteiger partial charge on any atom is -0.462 e. The van der Waals surface area contributed by atoms with Gasteiger partial charge in [-0.1, -0.05) is 25.1 Å². The standard InChI is InChI=1S/C25H35N6O7P/c1-14(2)37-24(33)16(4)30-39(35,38-17-9-7-6-8-10-17)36-11-18-15(3)20(25(5,34)21(18)32)31-13-29-19-22(26)27-12-28-23(19)31/h6-10,12-16,18,20-21,32,34H,11H2,1-5H3,(H,30,35)(H2,26,27,28)/t15-,16+,18+,20-,21-,25+,39+/m1/s1. The number of nitrogens with one attached hydrogen (secondary N) is 1. The molecule has 0 saturated heterocycles. The van der Waals surface area contributed by atoms with Crippen molar-refractivity contribution in [3.63, 3.8) is 0 Å². The van der Waals surface area contributed by atoms with Crippen molar-refractivity contribution < 1.29 is 33.4 Å². The number of nitrogens with zero attached hydrogens (tertiary/aromatic N) is 4. The number of aliphatic hydroxyl groups is 2. The molecule has 7 atom stereocenters. The van der Waals surface area contributed by atoms with Gasteiger partial charge >= 0.3 is 13.7 Å². The summed E-state index contributed by atoms with van der Waals surface area (Å²) < 4.78 is 32.3. The summed E-state index contributed by atoms with van der Waals surface area (Å²) in [6.45, 7) is 7.98. The summed E-state index contributed by atoms with van der Waals surface area (Å²) in [4.78, 5) is 24.9. The van der Waals surface area contributed by atoms with Crippen molar-refractivity contribution in [2.45, 2.75) is 64.5 Å². The molecule has 2 aromatic heterocycles. The van der Waals surface area contributed by atoms with E-state index in [2.05, 4.69) is 20.0 Å². The second-order valence-electron chi connectivity index (χ2n) is 10.3. The Bertz CT molecular complexity index is 1350. The number of fused-ring (bicyclic) bond motifs is 1. The summed E-state index contributed by atoms with van der Waals surface area (Å²) in [5.74, 6) is -1.27. The molecule has 0 aliphatic heterocycles. The number of nitrogen functional groups attached to an aromatic ring is 1. The van der Waals surface area contributed by atoms with Crippen molar-refractivity contribution in [2.75, 3.05) is 12.3 Å². The summed E-state index contributed by atoms with van der Waals surface area (Å²) in [5, 5.41) is 25.3. The van der Waals surface area contributed by atoms with Gasteiger partial charge in [-0.05, 0) is 45.7 Å². The number of carbonyl (C=O) groups excluding carboxylic acids is 1. The first kappa shape index (κ1) is 28.9. The molecule has 2 heterocycles. The SMILES string of the molecule is CC(C)OC(=O)[C@H](C)N[P@](=O)(OC[C@H]1[C@@H](C)[C@@H](n2cnc3c(N)ncnc32)[C@](C)(O)[C@@H]1O)Oc1ccccc1. The van der Waals surface area contributed by atoms with Crippen molar-refractivity contribution in [2.24, 2.45) is 11.8 Å². The Morgan fingerprint density at radius 3 is 2.59 bits per heavy atom. The number of para-hydroxylation sites is 1. The molecule has 0 amide bonds. The number of rotatable bonds is 10. The normalized spacial score (nSPS) is 27.4. The van der Waals surface area contributed by atoms with E-state index in [4.69, 9.17) is 19.5 Å². The van der Waals surface area contributed by atoms with Crippen molar-refractivity contribution >= 4 is 30.7 Å². The zero-order valence-corrected chi connectivity index (χ0v) is 23.4. The Morgan fingerprint density at radius 2 is 1.92 bits per heavy atom. The highest BCUT2D eigenvalue weighted by molar-refractivity contribution is 7.52. The van der Waals surface area contributed by atoms with Gasteiger partial charge in [0.2, 0.25) is 0 Å². The van der Waals surface area contributed by atoms with Crippen LogP contribution >= 0.6 is 7.75 Å². The predicted octanol–water partition coefficient (Wildman–Crippen LogP) is 2.46. The number of nitrogens with two attached hydrogens (primary N) is 1. The lowest BCUT2D eigenvalue weighted by atomic mass is 9.94. The van der Waals surface area contributed by atoms with Crippen molar-refractivity contribution in [1.29, 1.82) is 0 Å². The molecule has 5 N–H and O–H groups in total. The molecule has 0 spiro atoms. The highest BCUT2D eigenvalue weighted by Crippen LogP contribution is 2.51. The van der Waals surface area contributed by atoms with E-state index in [1.165, 1.54) is 26.5 Å². The van der Waals surface area contributed by atoms with Crippen LogP contribution in [-0.4, -0.2) is 66.2 Å². The second-order valence-corrected chi connectivity index (χ2v) is 11.9. The number of anilines is 1. The smallest absolute Gasteiger partial charge is 0.459 e. The van der Waals surface area contributed by atoms with E-state index in [9.17, 15) is 19.6 Å². The fraction of sp³-hybridized carbons (Fsp3) is 0.520. The molecule has 1 aliphatic rings. The maximum atomic E-state index is 13.9. The molecule has 3 aromatic rings. The van der Waals surface area contributed by atoms with Gasteiger partial charge in [-0.3, -0.25) is 9.32 Å². The average molecular weight is 563 g/mol. The lowest BCUT2D eigenvalue weighted by Crippen LogP contribution is -2.43. The number of hydrogen-bond acceptors (Lipinski definition) is 11. The lowest BCUT2D eigenvalue weighted by molar-refractivity contribution is -0.149. The Hall–Kier alpha value is -3.09. The van der Waals surface area contributed by atoms with Crippen LogP contribution in [0.3, 0.4) is 0 Å². The van der Waals surface area contributed by atoms with E-state index in [1.807, 2.05) is 6.92 Å². The van der Waals surface area contributed by atoms with Crippen LogP contribution in [0.25, 0.3) is 11.2 Å². The molecule has 1 fully saturated rings. The summed E-state index contributed by atoms with van der Waals surface area (Å²) in [6.07, 6.45) is 1.15. The largest absolute Gasteiger partial charge is 0.462 e. The van der Waals surface area contributed by atoms with Gasteiger partial charge in [0.15, 0.2) is 11.5 Å². The molecule has 14 heteroatoms. The molecule has 1 saturated carbocycles. The third kappa shape index (κ3) is 5.92. The van der Waals surface area contributed by atoms with Gasteiger partial charge in [-0.15, -0.1) is 0 Å². The third-order valence-electron chi connectivity index (χ3n) is 6.93. The van der Waals surface area contributed by atoms with Crippen LogP contribution in [-0.2, 0) is 18.6 Å². The summed E-state index contributed by atoms with van der Waals surface area (Å²) in [6, 6.07) is 6.67. The predicted molar refractivity (Wildman–Crippen MR) is 143 cm³/mol. The van der Waals surface area contributed by atoms with Gasteiger partial charge in [-0.2, -0.15) is 5.09 Å². The number of aliphatic hydroxyl groups excluding tert-OH is 1. The van der Waals surface area contributed by atoms with Gasteiger partial charge in [0, 0.05) is 5.92 Å². The van der Waals surface area contributed by atoms with Crippen LogP contribution in [0.15, 0.2) is 43.0 Å². The van der Waals surface area contributed by atoms with E-state index in [0.29, 0.717) is 11.2 Å². The van der Waals surface area contributed by atoms with Crippen LogP contribution in [0.4, 0.5) is 5.82 Å². The highest BCUT2D eigenvalue weighted by Gasteiger charge is 2.57. The zero-order valence-electron chi connectivity index (χ0n) is 22.5. The number of benzene rings is 1. The number of ether oxygens (including phenoxy) is 1. The molecule has 212 valence electrons. The van der Waals surface area contributed by atoms with Crippen molar-refractivity contribution in [1.82, 2.24) is 24.6 Å². The topological polar surface area (TPSA) is 184 Å². The summed E-state index contributed by atoms with van der Waals surface area (Å²) in [5.41, 5.74) is 5.08. The quantitative estimate of drug-likeness (QED) is 0.209. The first-order valence-corrected chi connectivity index (χ1v) is 14.2. The molecular formula is C25H35N6O7P. The van der Waals surface area contributed by atoms with E-state index in [-0.39, 0.29) is 24.3 Å². The molecule has 39 heavy (non-hydrogen) atoms. The van der Waals surface area contributed by atoms with E-state index >= 15 is 0 Å². The molecule has 0 bridgehead atoms. The monoisotopic (exact) mass is 562 g/mol. The Labute approximate surface area is 226 Å². The molecule has 0 radical (unpaired) electrons. The van der Waals surface area contributed by atoms with Gasteiger partial charge in [0.25, 0.3) is 0 Å². The van der Waals surface area contributed by atoms with Gasteiger partial charge in [0.1, 0.15) is 29.2 Å². The van der Waals surface area contributed by atoms with E-state index in [1.54, 1.807) is 48.7 Å². The molecule has 1 aliphatic carbocycles.